The Hall–Kier alpha value is -0.630. The second-order valence-corrected chi connectivity index (χ2v) is 5.37. The number of hydrogen-bond acceptors (Lipinski definition) is 2. The van der Waals surface area contributed by atoms with Crippen molar-refractivity contribution in [3.63, 3.8) is 0 Å². The average Bonchev–Trinajstić information content (AvgIpc) is 2.16. The van der Waals surface area contributed by atoms with Gasteiger partial charge in [0.1, 0.15) is 0 Å². The van der Waals surface area contributed by atoms with E-state index in [4.69, 9.17) is 0 Å². The van der Waals surface area contributed by atoms with Gasteiger partial charge in [-0.15, -0.1) is 11.8 Å². The van der Waals surface area contributed by atoms with Crippen LogP contribution in [0, 0.1) is 12.8 Å². The number of rotatable bonds is 1. The van der Waals surface area contributed by atoms with Crippen LogP contribution in [0.5, 0.6) is 0 Å². The Morgan fingerprint density at radius 1 is 1.43 bits per heavy atom. The van der Waals surface area contributed by atoms with Gasteiger partial charge in [0, 0.05) is 22.4 Å². The fourth-order valence-corrected chi connectivity index (χ4v) is 2.93. The minimum absolute atomic E-state index is 0.620. The minimum Gasteiger partial charge on any atom is -0.380 e. The zero-order chi connectivity index (χ0) is 10.1. The lowest BCUT2D eigenvalue weighted by molar-refractivity contribution is 0.562. The molecule has 1 nitrogen and oxygen atoms in total. The van der Waals surface area contributed by atoms with Gasteiger partial charge < -0.3 is 5.32 Å². The SMILES string of the molecule is Cc1ccc2c(c1)NC(C(C)C)CS2. The summed E-state index contributed by atoms with van der Waals surface area (Å²) in [7, 11) is 0. The molecule has 0 bridgehead atoms. The van der Waals surface area contributed by atoms with Crippen molar-refractivity contribution in [1.29, 1.82) is 0 Å². The Labute approximate surface area is 90.3 Å². The fraction of sp³-hybridized carbons (Fsp3) is 0.500. The predicted molar refractivity (Wildman–Crippen MR) is 64.2 cm³/mol. The van der Waals surface area contributed by atoms with Crippen molar-refractivity contribution in [3.8, 4) is 0 Å². The highest BCUT2D eigenvalue weighted by atomic mass is 32.2. The summed E-state index contributed by atoms with van der Waals surface area (Å²) in [5.74, 6) is 1.89. The number of aryl methyl sites for hydroxylation is 1. The highest BCUT2D eigenvalue weighted by molar-refractivity contribution is 7.99. The first-order valence-corrected chi connectivity index (χ1v) is 6.15. The molecule has 0 saturated heterocycles. The van der Waals surface area contributed by atoms with E-state index in [1.807, 2.05) is 11.8 Å². The molecule has 0 aromatic heterocycles. The molecule has 1 aliphatic heterocycles. The molecule has 1 unspecified atom stereocenters. The average molecular weight is 207 g/mol. The molecule has 1 aliphatic rings. The first-order chi connectivity index (χ1) is 6.66. The van der Waals surface area contributed by atoms with Crippen LogP contribution in [-0.2, 0) is 0 Å². The van der Waals surface area contributed by atoms with Crippen LogP contribution >= 0.6 is 11.8 Å². The predicted octanol–water partition coefficient (Wildman–Crippen LogP) is 3.54. The molecular weight excluding hydrogens is 190 g/mol. The second kappa shape index (κ2) is 3.85. The number of nitrogens with one attached hydrogen (secondary N) is 1. The topological polar surface area (TPSA) is 12.0 Å². The molecule has 2 rings (SSSR count). The van der Waals surface area contributed by atoms with E-state index < -0.39 is 0 Å². The van der Waals surface area contributed by atoms with Crippen molar-refractivity contribution in [3.05, 3.63) is 23.8 Å². The van der Waals surface area contributed by atoms with E-state index in [9.17, 15) is 0 Å². The number of benzene rings is 1. The van der Waals surface area contributed by atoms with Crippen molar-refractivity contribution in [2.45, 2.75) is 31.7 Å². The molecule has 1 atom stereocenters. The maximum Gasteiger partial charge on any atom is 0.0483 e. The van der Waals surface area contributed by atoms with Gasteiger partial charge in [-0.3, -0.25) is 0 Å². The van der Waals surface area contributed by atoms with Crippen LogP contribution in [0.3, 0.4) is 0 Å². The summed E-state index contributed by atoms with van der Waals surface area (Å²) >= 11 is 1.97. The Kier molecular flexibility index (Phi) is 2.73. The van der Waals surface area contributed by atoms with E-state index >= 15 is 0 Å². The van der Waals surface area contributed by atoms with E-state index in [1.165, 1.54) is 21.9 Å². The summed E-state index contributed by atoms with van der Waals surface area (Å²) in [6, 6.07) is 7.27. The molecule has 0 radical (unpaired) electrons. The molecule has 14 heavy (non-hydrogen) atoms. The van der Waals surface area contributed by atoms with Gasteiger partial charge in [0.05, 0.1) is 0 Å². The van der Waals surface area contributed by atoms with E-state index in [0.29, 0.717) is 12.0 Å². The molecule has 0 spiro atoms. The highest BCUT2D eigenvalue weighted by Crippen LogP contribution is 2.35. The quantitative estimate of drug-likeness (QED) is 0.756. The molecule has 0 amide bonds. The van der Waals surface area contributed by atoms with Gasteiger partial charge >= 0.3 is 0 Å². The third kappa shape index (κ3) is 1.90. The van der Waals surface area contributed by atoms with Crippen LogP contribution in [0.1, 0.15) is 19.4 Å². The van der Waals surface area contributed by atoms with Gasteiger partial charge in [0.15, 0.2) is 0 Å². The van der Waals surface area contributed by atoms with Gasteiger partial charge in [-0.25, -0.2) is 0 Å². The number of anilines is 1. The Balaban J connectivity index is 2.24. The molecule has 1 N–H and O–H groups in total. The molecule has 1 aromatic rings. The second-order valence-electron chi connectivity index (χ2n) is 4.31. The summed E-state index contributed by atoms with van der Waals surface area (Å²) in [6.07, 6.45) is 0. The van der Waals surface area contributed by atoms with Gasteiger partial charge in [0.25, 0.3) is 0 Å². The molecule has 0 saturated carbocycles. The summed E-state index contributed by atoms with van der Waals surface area (Å²) in [5.41, 5.74) is 2.65. The van der Waals surface area contributed by atoms with E-state index in [-0.39, 0.29) is 0 Å². The van der Waals surface area contributed by atoms with Gasteiger partial charge in [0.2, 0.25) is 0 Å². The summed E-state index contributed by atoms with van der Waals surface area (Å²) in [5, 5.41) is 3.62. The normalized spacial score (nSPS) is 20.4. The van der Waals surface area contributed by atoms with Crippen molar-refractivity contribution in [1.82, 2.24) is 0 Å². The molecule has 76 valence electrons. The largest absolute Gasteiger partial charge is 0.380 e. The molecule has 1 heterocycles. The maximum absolute atomic E-state index is 3.62. The summed E-state index contributed by atoms with van der Waals surface area (Å²) in [6.45, 7) is 6.70. The van der Waals surface area contributed by atoms with Crippen molar-refractivity contribution < 1.29 is 0 Å². The van der Waals surface area contributed by atoms with Crippen LogP contribution in [-0.4, -0.2) is 11.8 Å². The van der Waals surface area contributed by atoms with Crippen LogP contribution < -0.4 is 5.32 Å². The minimum atomic E-state index is 0.620. The van der Waals surface area contributed by atoms with E-state index in [1.54, 1.807) is 0 Å². The van der Waals surface area contributed by atoms with Gasteiger partial charge in [-0.2, -0.15) is 0 Å². The number of fused-ring (bicyclic) bond motifs is 1. The molecule has 1 aromatic carbocycles. The zero-order valence-electron chi connectivity index (χ0n) is 9.00. The smallest absolute Gasteiger partial charge is 0.0483 e. The van der Waals surface area contributed by atoms with Crippen molar-refractivity contribution in [2.75, 3.05) is 11.1 Å². The molecule has 0 fully saturated rings. The Morgan fingerprint density at radius 3 is 2.93 bits per heavy atom. The Morgan fingerprint density at radius 2 is 2.21 bits per heavy atom. The molecule has 0 aliphatic carbocycles. The van der Waals surface area contributed by atoms with E-state index in [2.05, 4.69) is 44.3 Å². The standard InChI is InChI=1S/C12H17NS/c1-8(2)11-7-14-12-5-4-9(3)6-10(12)13-11/h4-6,8,11,13H,7H2,1-3H3. The highest BCUT2D eigenvalue weighted by Gasteiger charge is 2.20. The van der Waals surface area contributed by atoms with Crippen LogP contribution in [0.4, 0.5) is 5.69 Å². The number of hydrogen-bond donors (Lipinski definition) is 1. The zero-order valence-corrected chi connectivity index (χ0v) is 9.82. The molecular formula is C12H17NS. The fourth-order valence-electron chi connectivity index (χ4n) is 1.66. The van der Waals surface area contributed by atoms with Crippen LogP contribution in [0.15, 0.2) is 23.1 Å². The Bertz CT molecular complexity index is 333. The number of thioether (sulfide) groups is 1. The lowest BCUT2D eigenvalue weighted by atomic mass is 10.1. The van der Waals surface area contributed by atoms with Crippen LogP contribution in [0.25, 0.3) is 0 Å². The van der Waals surface area contributed by atoms with Crippen molar-refractivity contribution in [2.24, 2.45) is 5.92 Å². The lowest BCUT2D eigenvalue weighted by Gasteiger charge is -2.29. The third-order valence-electron chi connectivity index (χ3n) is 2.70. The first kappa shape index (κ1) is 9.91. The maximum atomic E-state index is 3.62. The first-order valence-electron chi connectivity index (χ1n) is 5.17. The van der Waals surface area contributed by atoms with Crippen molar-refractivity contribution >= 4 is 17.4 Å². The summed E-state index contributed by atoms with van der Waals surface area (Å²) in [4.78, 5) is 1.40. The van der Waals surface area contributed by atoms with Gasteiger partial charge in [-0.05, 0) is 30.5 Å². The third-order valence-corrected chi connectivity index (χ3v) is 3.89. The van der Waals surface area contributed by atoms with Gasteiger partial charge in [-0.1, -0.05) is 19.9 Å². The summed E-state index contributed by atoms with van der Waals surface area (Å²) < 4.78 is 0. The van der Waals surface area contributed by atoms with E-state index in [0.717, 1.165) is 0 Å². The monoisotopic (exact) mass is 207 g/mol. The lowest BCUT2D eigenvalue weighted by Crippen LogP contribution is -2.30. The van der Waals surface area contributed by atoms with Crippen LogP contribution in [0.2, 0.25) is 0 Å². The molecule has 2 heteroatoms.